The first kappa shape index (κ1) is 20.1. The third-order valence-electron chi connectivity index (χ3n) is 6.68. The minimum absolute atomic E-state index is 0.00919. The number of imide groups is 1. The van der Waals surface area contributed by atoms with Crippen LogP contribution in [0.4, 0.5) is 5.13 Å². The van der Waals surface area contributed by atoms with Gasteiger partial charge in [0.15, 0.2) is 0 Å². The number of amides is 3. The third-order valence-corrected chi connectivity index (χ3v) is 7.67. The Balaban J connectivity index is 1.42. The van der Waals surface area contributed by atoms with Gasteiger partial charge in [0, 0.05) is 0 Å². The molecule has 1 aromatic carbocycles. The highest BCUT2D eigenvalue weighted by molar-refractivity contribution is 7.15. The van der Waals surface area contributed by atoms with Gasteiger partial charge in [-0.25, -0.2) is 0 Å². The monoisotopic (exact) mass is 436 g/mol. The molecule has 6 rings (SSSR count). The molecule has 2 fully saturated rings. The molecule has 2 heterocycles. The van der Waals surface area contributed by atoms with Crippen LogP contribution in [0.15, 0.2) is 42.5 Å². The van der Waals surface area contributed by atoms with Gasteiger partial charge in [-0.2, -0.15) is 0 Å². The van der Waals surface area contributed by atoms with Crippen LogP contribution >= 0.6 is 11.3 Å². The van der Waals surface area contributed by atoms with E-state index in [1.807, 2.05) is 37.3 Å². The molecule has 0 radical (unpaired) electrons. The Morgan fingerprint density at radius 2 is 1.74 bits per heavy atom. The summed E-state index contributed by atoms with van der Waals surface area (Å²) in [7, 11) is 0. The molecule has 0 unspecified atom stereocenters. The Bertz CT molecular complexity index is 1020. The van der Waals surface area contributed by atoms with E-state index in [0.29, 0.717) is 5.13 Å². The lowest BCUT2D eigenvalue weighted by Crippen LogP contribution is -2.38. The SMILES string of the molecule is CCc1nnc(NC(=O)C[C@H](c2ccccc2)N2C(=O)[C@H]3[C@H](C2=O)[C@H]2C=C[C@H]3CC2)s1. The summed E-state index contributed by atoms with van der Waals surface area (Å²) in [6.45, 7) is 1.98. The van der Waals surface area contributed by atoms with Gasteiger partial charge in [-0.15, -0.1) is 10.2 Å². The highest BCUT2D eigenvalue weighted by Crippen LogP contribution is 2.51. The first-order valence-electron chi connectivity index (χ1n) is 10.8. The lowest BCUT2D eigenvalue weighted by atomic mass is 9.63. The van der Waals surface area contributed by atoms with Gasteiger partial charge in [0.1, 0.15) is 5.01 Å². The molecule has 2 bridgehead atoms. The minimum Gasteiger partial charge on any atom is -0.300 e. The second-order valence-electron chi connectivity index (χ2n) is 8.42. The number of carbonyl (C=O) groups is 3. The van der Waals surface area contributed by atoms with Gasteiger partial charge in [0.25, 0.3) is 0 Å². The first-order valence-corrected chi connectivity index (χ1v) is 11.6. The average molecular weight is 437 g/mol. The van der Waals surface area contributed by atoms with Crippen LogP contribution in [0, 0.1) is 23.7 Å². The van der Waals surface area contributed by atoms with E-state index in [1.165, 1.54) is 16.2 Å². The van der Waals surface area contributed by atoms with E-state index in [9.17, 15) is 14.4 Å². The van der Waals surface area contributed by atoms with E-state index in [4.69, 9.17) is 0 Å². The molecule has 31 heavy (non-hydrogen) atoms. The van der Waals surface area contributed by atoms with Gasteiger partial charge in [-0.05, 0) is 36.7 Å². The molecule has 1 N–H and O–H groups in total. The number of carbonyl (C=O) groups excluding carboxylic acids is 3. The van der Waals surface area contributed by atoms with Crippen molar-refractivity contribution in [2.45, 2.75) is 38.6 Å². The standard InChI is InChI=1S/C23H24N4O3S/c1-2-18-25-26-23(31-18)24-17(28)12-16(13-6-4-3-5-7-13)27-21(29)19-14-8-9-15(11-10-14)20(19)22(27)30/h3-9,14-16,19-20H,2,10-12H2,1H3,(H,24,26,28)/t14-,15-,16+,19+,20+/m0/s1. The number of nitrogens with one attached hydrogen (secondary N) is 1. The average Bonchev–Trinajstić information content (AvgIpc) is 3.37. The molecule has 3 aliphatic carbocycles. The summed E-state index contributed by atoms with van der Waals surface area (Å²) >= 11 is 1.33. The second kappa shape index (κ2) is 8.00. The molecule has 1 saturated carbocycles. The van der Waals surface area contributed by atoms with Crippen molar-refractivity contribution >= 4 is 34.2 Å². The number of likely N-dealkylation sites (tertiary alicyclic amines) is 1. The molecule has 1 aliphatic heterocycles. The zero-order chi connectivity index (χ0) is 21.5. The summed E-state index contributed by atoms with van der Waals surface area (Å²) in [6.07, 6.45) is 6.84. The highest BCUT2D eigenvalue weighted by Gasteiger charge is 2.58. The maximum Gasteiger partial charge on any atom is 0.234 e. The number of nitrogens with zero attached hydrogens (tertiary/aromatic N) is 3. The van der Waals surface area contributed by atoms with Crippen molar-refractivity contribution in [2.75, 3.05) is 5.32 Å². The zero-order valence-corrected chi connectivity index (χ0v) is 18.0. The van der Waals surface area contributed by atoms with Crippen LogP contribution in [0.3, 0.4) is 0 Å². The minimum atomic E-state index is -0.634. The Hall–Kier alpha value is -2.87. The molecule has 7 nitrogen and oxygen atoms in total. The van der Waals surface area contributed by atoms with Gasteiger partial charge in [-0.1, -0.05) is 60.7 Å². The van der Waals surface area contributed by atoms with E-state index >= 15 is 0 Å². The fourth-order valence-electron chi connectivity index (χ4n) is 5.23. The third kappa shape index (κ3) is 3.48. The topological polar surface area (TPSA) is 92.3 Å². The van der Waals surface area contributed by atoms with Crippen LogP contribution in [0.25, 0.3) is 0 Å². The predicted octanol–water partition coefficient (Wildman–Crippen LogP) is 3.37. The van der Waals surface area contributed by atoms with E-state index in [1.54, 1.807) is 0 Å². The van der Waals surface area contributed by atoms with Crippen LogP contribution in [-0.4, -0.2) is 32.8 Å². The number of allylic oxidation sites excluding steroid dienone is 2. The number of rotatable bonds is 6. The lowest BCUT2D eigenvalue weighted by molar-refractivity contribution is -0.143. The maximum absolute atomic E-state index is 13.5. The van der Waals surface area contributed by atoms with Crippen LogP contribution in [0.5, 0.6) is 0 Å². The fourth-order valence-corrected chi connectivity index (χ4v) is 5.93. The van der Waals surface area contributed by atoms with Crippen LogP contribution < -0.4 is 5.32 Å². The number of aromatic nitrogens is 2. The van der Waals surface area contributed by atoms with Crippen molar-refractivity contribution in [3.8, 4) is 0 Å². The molecule has 1 saturated heterocycles. The number of benzene rings is 1. The zero-order valence-electron chi connectivity index (χ0n) is 17.2. The van der Waals surface area contributed by atoms with Gasteiger partial charge in [0.05, 0.1) is 24.3 Å². The Labute approximate surface area is 184 Å². The maximum atomic E-state index is 13.5. The van der Waals surface area contributed by atoms with E-state index in [2.05, 4.69) is 27.7 Å². The summed E-state index contributed by atoms with van der Waals surface area (Å²) in [6, 6.07) is 8.71. The number of anilines is 1. The molecular weight excluding hydrogens is 412 g/mol. The summed E-state index contributed by atoms with van der Waals surface area (Å²) in [5, 5.41) is 12.1. The van der Waals surface area contributed by atoms with Crippen molar-refractivity contribution in [1.82, 2.24) is 15.1 Å². The van der Waals surface area contributed by atoms with E-state index < -0.39 is 6.04 Å². The molecule has 5 atom stereocenters. The van der Waals surface area contributed by atoms with Gasteiger partial charge < -0.3 is 5.32 Å². The van der Waals surface area contributed by atoms with Gasteiger partial charge in [-0.3, -0.25) is 19.3 Å². The summed E-state index contributed by atoms with van der Waals surface area (Å²) in [4.78, 5) is 41.2. The van der Waals surface area contributed by atoms with E-state index in [0.717, 1.165) is 29.8 Å². The highest BCUT2D eigenvalue weighted by atomic mass is 32.1. The Morgan fingerprint density at radius 3 is 2.29 bits per heavy atom. The number of aryl methyl sites for hydroxylation is 1. The van der Waals surface area contributed by atoms with Crippen LogP contribution in [0.1, 0.15) is 42.8 Å². The van der Waals surface area contributed by atoms with Crippen molar-refractivity contribution in [2.24, 2.45) is 23.7 Å². The molecular formula is C23H24N4O3S. The quantitative estimate of drug-likeness (QED) is 0.554. The summed E-state index contributed by atoms with van der Waals surface area (Å²) < 4.78 is 0. The van der Waals surface area contributed by atoms with E-state index in [-0.39, 0.29) is 47.8 Å². The van der Waals surface area contributed by atoms with Crippen molar-refractivity contribution in [1.29, 1.82) is 0 Å². The van der Waals surface area contributed by atoms with Crippen LogP contribution in [0.2, 0.25) is 0 Å². The van der Waals surface area contributed by atoms with Crippen molar-refractivity contribution < 1.29 is 14.4 Å². The van der Waals surface area contributed by atoms with Gasteiger partial charge in [0.2, 0.25) is 22.9 Å². The normalized spacial score (nSPS) is 27.5. The molecule has 1 aromatic heterocycles. The van der Waals surface area contributed by atoms with Crippen LogP contribution in [-0.2, 0) is 20.8 Å². The molecule has 2 aromatic rings. The number of hydrogen-bond donors (Lipinski definition) is 1. The second-order valence-corrected chi connectivity index (χ2v) is 9.48. The Kier molecular flexibility index (Phi) is 5.17. The molecule has 8 heteroatoms. The first-order chi connectivity index (χ1) is 15.1. The van der Waals surface area contributed by atoms with Gasteiger partial charge >= 0.3 is 0 Å². The Morgan fingerprint density at radius 1 is 1.10 bits per heavy atom. The predicted molar refractivity (Wildman–Crippen MR) is 116 cm³/mol. The smallest absolute Gasteiger partial charge is 0.234 e. The molecule has 3 amide bonds. The molecule has 0 spiro atoms. The molecule has 160 valence electrons. The fraction of sp³-hybridized carbons (Fsp3) is 0.435. The van der Waals surface area contributed by atoms with Crippen molar-refractivity contribution in [3.63, 3.8) is 0 Å². The summed E-state index contributed by atoms with van der Waals surface area (Å²) in [5.41, 5.74) is 0.782. The molecule has 4 aliphatic rings. The largest absolute Gasteiger partial charge is 0.300 e. The number of fused-ring (bicyclic) bond motifs is 1. The number of hydrogen-bond acceptors (Lipinski definition) is 6. The van der Waals surface area contributed by atoms with Crippen molar-refractivity contribution in [3.05, 3.63) is 53.1 Å². The lowest BCUT2D eigenvalue weighted by Gasteiger charge is -2.38. The summed E-state index contributed by atoms with van der Waals surface area (Å²) in [5.74, 6) is -0.906.